The van der Waals surface area contributed by atoms with E-state index in [0.29, 0.717) is 11.6 Å². The van der Waals surface area contributed by atoms with Crippen LogP contribution in [-0.2, 0) is 6.42 Å². The normalized spacial score (nSPS) is 15.6. The van der Waals surface area contributed by atoms with Gasteiger partial charge in [0.2, 0.25) is 0 Å². The molecule has 0 saturated carbocycles. The number of imidazole rings is 1. The second-order valence-electron chi connectivity index (χ2n) is 6.90. The van der Waals surface area contributed by atoms with Crippen molar-refractivity contribution < 1.29 is 4.79 Å². The molecule has 25 heavy (non-hydrogen) atoms. The highest BCUT2D eigenvalue weighted by Gasteiger charge is 2.27. The molecule has 1 saturated heterocycles. The highest BCUT2D eigenvalue weighted by atomic mass is 16.2. The molecule has 0 bridgehead atoms. The van der Waals surface area contributed by atoms with Crippen LogP contribution in [0.1, 0.15) is 34.6 Å². The smallest absolute Gasteiger partial charge is 0.272 e. The number of aryl methyl sites for hydroxylation is 1. The molecule has 3 aromatic rings. The first-order chi connectivity index (χ1) is 12.2. The number of piperidine rings is 1. The van der Waals surface area contributed by atoms with Crippen LogP contribution in [0.4, 0.5) is 0 Å². The van der Waals surface area contributed by atoms with Gasteiger partial charge in [-0.1, -0.05) is 36.4 Å². The molecule has 1 aliphatic rings. The average molecular weight is 333 g/mol. The largest absolute Gasteiger partial charge is 0.337 e. The van der Waals surface area contributed by atoms with Crippen LogP contribution in [0.3, 0.4) is 0 Å². The first-order valence-corrected chi connectivity index (χ1v) is 8.99. The number of aromatic nitrogens is 2. The summed E-state index contributed by atoms with van der Waals surface area (Å²) >= 11 is 0. The molecule has 0 aliphatic carbocycles. The van der Waals surface area contributed by atoms with Gasteiger partial charge in [0, 0.05) is 19.3 Å². The lowest BCUT2D eigenvalue weighted by molar-refractivity contribution is 0.0682. The van der Waals surface area contributed by atoms with Crippen molar-refractivity contribution in [3.8, 4) is 0 Å². The van der Waals surface area contributed by atoms with Gasteiger partial charge in [-0.3, -0.25) is 9.20 Å². The molecule has 0 radical (unpaired) electrons. The van der Waals surface area contributed by atoms with Gasteiger partial charge >= 0.3 is 0 Å². The molecule has 0 atom stereocenters. The van der Waals surface area contributed by atoms with Crippen molar-refractivity contribution in [2.45, 2.75) is 26.2 Å². The maximum atomic E-state index is 13.0. The maximum absolute atomic E-state index is 13.0. The fourth-order valence-electron chi connectivity index (χ4n) is 3.81. The van der Waals surface area contributed by atoms with Crippen LogP contribution in [-0.4, -0.2) is 33.3 Å². The molecule has 2 aromatic heterocycles. The van der Waals surface area contributed by atoms with Crippen LogP contribution in [0, 0.1) is 12.8 Å². The first kappa shape index (κ1) is 15.9. The van der Waals surface area contributed by atoms with Gasteiger partial charge in [0.1, 0.15) is 11.3 Å². The zero-order valence-electron chi connectivity index (χ0n) is 14.6. The molecule has 4 heteroatoms. The number of rotatable bonds is 3. The van der Waals surface area contributed by atoms with Crippen LogP contribution in [0.25, 0.3) is 5.65 Å². The van der Waals surface area contributed by atoms with Crippen molar-refractivity contribution in [2.24, 2.45) is 5.92 Å². The highest BCUT2D eigenvalue weighted by molar-refractivity contribution is 5.94. The van der Waals surface area contributed by atoms with Crippen LogP contribution in [0.5, 0.6) is 0 Å². The van der Waals surface area contributed by atoms with Crippen LogP contribution in [0.15, 0.2) is 54.7 Å². The lowest BCUT2D eigenvalue weighted by Gasteiger charge is -2.32. The van der Waals surface area contributed by atoms with E-state index in [9.17, 15) is 4.79 Å². The van der Waals surface area contributed by atoms with Crippen molar-refractivity contribution >= 4 is 11.6 Å². The Balaban J connectivity index is 1.45. The second-order valence-corrected chi connectivity index (χ2v) is 6.90. The number of hydrogen-bond acceptors (Lipinski definition) is 2. The van der Waals surface area contributed by atoms with Crippen LogP contribution >= 0.6 is 0 Å². The number of hydrogen-bond donors (Lipinski definition) is 0. The Bertz CT molecular complexity index is 877. The molecule has 0 unspecified atom stereocenters. The minimum atomic E-state index is 0.106. The van der Waals surface area contributed by atoms with Gasteiger partial charge in [0.05, 0.1) is 5.69 Å². The average Bonchev–Trinajstić information content (AvgIpc) is 2.98. The van der Waals surface area contributed by atoms with E-state index in [2.05, 4.69) is 35.3 Å². The summed E-state index contributed by atoms with van der Waals surface area (Å²) in [7, 11) is 0. The highest BCUT2D eigenvalue weighted by Crippen LogP contribution is 2.24. The molecule has 0 spiro atoms. The summed E-state index contributed by atoms with van der Waals surface area (Å²) in [5, 5.41) is 0. The molecule has 4 rings (SSSR count). The molecule has 1 fully saturated rings. The lowest BCUT2D eigenvalue weighted by atomic mass is 9.90. The molecular formula is C21H23N3O. The summed E-state index contributed by atoms with van der Waals surface area (Å²) in [6, 6.07) is 16.5. The van der Waals surface area contributed by atoms with E-state index >= 15 is 0 Å². The lowest BCUT2D eigenvalue weighted by Crippen LogP contribution is -2.39. The monoisotopic (exact) mass is 333 g/mol. The van der Waals surface area contributed by atoms with Gasteiger partial charge in [-0.2, -0.15) is 0 Å². The summed E-state index contributed by atoms with van der Waals surface area (Å²) in [5.41, 5.74) is 3.74. The third-order valence-electron chi connectivity index (χ3n) is 5.18. The molecule has 128 valence electrons. The van der Waals surface area contributed by atoms with Crippen molar-refractivity contribution in [2.75, 3.05) is 13.1 Å². The molecule has 4 nitrogen and oxygen atoms in total. The van der Waals surface area contributed by atoms with Gasteiger partial charge < -0.3 is 4.90 Å². The Morgan fingerprint density at radius 3 is 2.56 bits per heavy atom. The molecule has 1 aromatic carbocycles. The van der Waals surface area contributed by atoms with Gasteiger partial charge in [-0.15, -0.1) is 0 Å². The fraction of sp³-hybridized carbons (Fsp3) is 0.333. The van der Waals surface area contributed by atoms with Crippen LogP contribution < -0.4 is 0 Å². The van der Waals surface area contributed by atoms with Crippen molar-refractivity contribution in [1.82, 2.24) is 14.3 Å². The van der Waals surface area contributed by atoms with Gasteiger partial charge in [-0.05, 0) is 49.8 Å². The predicted octanol–water partition coefficient (Wildman–Crippen LogP) is 3.74. The van der Waals surface area contributed by atoms with Gasteiger partial charge in [-0.25, -0.2) is 4.98 Å². The minimum Gasteiger partial charge on any atom is -0.337 e. The van der Waals surface area contributed by atoms with Crippen molar-refractivity contribution in [3.63, 3.8) is 0 Å². The maximum Gasteiger partial charge on any atom is 0.272 e. The Kier molecular flexibility index (Phi) is 4.26. The zero-order chi connectivity index (χ0) is 17.2. The number of fused-ring (bicyclic) bond motifs is 1. The molecular weight excluding hydrogens is 310 g/mol. The summed E-state index contributed by atoms with van der Waals surface area (Å²) < 4.78 is 1.91. The molecule has 1 aliphatic heterocycles. The van der Waals surface area contributed by atoms with E-state index < -0.39 is 0 Å². The summed E-state index contributed by atoms with van der Waals surface area (Å²) in [6.07, 6.45) is 5.16. The number of nitrogens with zero attached hydrogens (tertiary/aromatic N) is 3. The van der Waals surface area contributed by atoms with E-state index in [4.69, 9.17) is 0 Å². The number of carbonyl (C=O) groups excluding carboxylic acids is 1. The Hall–Kier alpha value is -2.62. The molecule has 1 amide bonds. The van der Waals surface area contributed by atoms with Crippen molar-refractivity contribution in [3.05, 3.63) is 71.7 Å². The fourth-order valence-corrected chi connectivity index (χ4v) is 3.81. The SMILES string of the molecule is Cc1nc2ccccn2c1C(=O)N1CCC(Cc2ccccc2)CC1. The van der Waals surface area contributed by atoms with E-state index in [1.54, 1.807) is 0 Å². The topological polar surface area (TPSA) is 37.6 Å². The third kappa shape index (κ3) is 3.16. The minimum absolute atomic E-state index is 0.106. The first-order valence-electron chi connectivity index (χ1n) is 8.99. The Morgan fingerprint density at radius 2 is 1.80 bits per heavy atom. The second kappa shape index (κ2) is 6.71. The van der Waals surface area contributed by atoms with E-state index in [1.807, 2.05) is 40.6 Å². The number of amides is 1. The van der Waals surface area contributed by atoms with Crippen LogP contribution in [0.2, 0.25) is 0 Å². The van der Waals surface area contributed by atoms with Gasteiger partial charge in [0.25, 0.3) is 5.91 Å². The Morgan fingerprint density at radius 1 is 1.08 bits per heavy atom. The summed E-state index contributed by atoms with van der Waals surface area (Å²) in [6.45, 7) is 3.58. The standard InChI is InChI=1S/C21H23N3O/c1-16-20(24-12-6-5-9-19(24)22-16)21(25)23-13-10-18(11-14-23)15-17-7-3-2-4-8-17/h2-9,12,18H,10-11,13-15H2,1H3. The number of benzene rings is 1. The predicted molar refractivity (Wildman–Crippen MR) is 98.7 cm³/mol. The molecule has 0 N–H and O–H groups in total. The summed E-state index contributed by atoms with van der Waals surface area (Å²) in [5.74, 6) is 0.768. The number of pyridine rings is 1. The zero-order valence-corrected chi connectivity index (χ0v) is 14.6. The summed E-state index contributed by atoms with van der Waals surface area (Å²) in [4.78, 5) is 19.5. The van der Waals surface area contributed by atoms with E-state index in [0.717, 1.165) is 43.7 Å². The van der Waals surface area contributed by atoms with E-state index in [1.165, 1.54) is 5.56 Å². The number of likely N-dealkylation sites (tertiary alicyclic amines) is 1. The van der Waals surface area contributed by atoms with Crippen molar-refractivity contribution in [1.29, 1.82) is 0 Å². The number of carbonyl (C=O) groups is 1. The third-order valence-corrected chi connectivity index (χ3v) is 5.18. The Labute approximate surface area is 148 Å². The molecule has 3 heterocycles. The van der Waals surface area contributed by atoms with Gasteiger partial charge in [0.15, 0.2) is 0 Å². The quantitative estimate of drug-likeness (QED) is 0.732. The van der Waals surface area contributed by atoms with E-state index in [-0.39, 0.29) is 5.91 Å².